The Morgan fingerprint density at radius 1 is 1.26 bits per heavy atom. The van der Waals surface area contributed by atoms with Crippen molar-refractivity contribution in [1.82, 2.24) is 28.9 Å². The first-order chi connectivity index (χ1) is 11.2. The third-order valence-corrected chi connectivity index (χ3v) is 5.97. The van der Waals surface area contributed by atoms with Crippen molar-refractivity contribution in [1.29, 1.82) is 0 Å². The number of H-pyrrole nitrogens is 1. The van der Waals surface area contributed by atoms with Gasteiger partial charge in [0.05, 0.1) is 12.5 Å². The lowest BCUT2D eigenvalue weighted by atomic mass is 9.99. The Bertz CT molecular complexity index is 918. The number of nitrogens with zero attached hydrogens (tertiary/aromatic N) is 5. The molecule has 4 heterocycles. The third-order valence-electron chi connectivity index (χ3n) is 4.18. The highest BCUT2D eigenvalue weighted by Gasteiger charge is 2.33. The van der Waals surface area contributed by atoms with E-state index in [1.54, 1.807) is 0 Å². The van der Waals surface area contributed by atoms with Crippen LogP contribution in [0.2, 0.25) is 0 Å². The summed E-state index contributed by atoms with van der Waals surface area (Å²) in [4.78, 5) is 6.49. The maximum Gasteiger partial charge on any atom is 0.260 e. The minimum absolute atomic E-state index is 0.0267. The monoisotopic (exact) mass is 332 g/mol. The van der Waals surface area contributed by atoms with Crippen LogP contribution in [0.4, 0.5) is 0 Å². The quantitative estimate of drug-likeness (QED) is 0.772. The van der Waals surface area contributed by atoms with Gasteiger partial charge in [0.1, 0.15) is 5.82 Å². The summed E-state index contributed by atoms with van der Waals surface area (Å²) in [5.74, 6) is 0.837. The Morgan fingerprint density at radius 2 is 2.17 bits per heavy atom. The van der Waals surface area contributed by atoms with Crippen LogP contribution in [0.3, 0.4) is 0 Å². The van der Waals surface area contributed by atoms with E-state index in [-0.39, 0.29) is 10.9 Å². The van der Waals surface area contributed by atoms with Crippen LogP contribution in [-0.4, -0.2) is 50.4 Å². The van der Waals surface area contributed by atoms with Gasteiger partial charge < -0.3 is 4.98 Å². The van der Waals surface area contributed by atoms with Gasteiger partial charge in [-0.1, -0.05) is 6.07 Å². The van der Waals surface area contributed by atoms with E-state index < -0.39 is 10.0 Å². The summed E-state index contributed by atoms with van der Waals surface area (Å²) < 4.78 is 28.7. The van der Waals surface area contributed by atoms with Crippen LogP contribution in [0.1, 0.15) is 24.6 Å². The molecule has 1 aliphatic heterocycles. The maximum absolute atomic E-state index is 12.6. The van der Waals surface area contributed by atoms with Crippen LogP contribution >= 0.6 is 0 Å². The molecule has 0 aromatic carbocycles. The molecule has 9 heteroatoms. The number of nitrogens with one attached hydrogen (secondary N) is 1. The number of aromatic nitrogens is 5. The largest absolute Gasteiger partial charge is 0.335 e. The number of pyridine rings is 1. The van der Waals surface area contributed by atoms with Crippen molar-refractivity contribution in [2.24, 2.45) is 0 Å². The zero-order valence-electron chi connectivity index (χ0n) is 12.3. The van der Waals surface area contributed by atoms with Gasteiger partial charge in [-0.05, 0) is 25.0 Å². The van der Waals surface area contributed by atoms with Crippen molar-refractivity contribution >= 4 is 15.7 Å². The smallest absolute Gasteiger partial charge is 0.260 e. The first-order valence-electron chi connectivity index (χ1n) is 7.44. The highest BCUT2D eigenvalue weighted by atomic mass is 32.2. The van der Waals surface area contributed by atoms with Crippen LogP contribution in [0.25, 0.3) is 5.65 Å². The summed E-state index contributed by atoms with van der Waals surface area (Å²) in [6, 6.07) is 5.71. The molecule has 0 amide bonds. The molecular weight excluding hydrogens is 316 g/mol. The lowest BCUT2D eigenvalue weighted by Crippen LogP contribution is -2.39. The summed E-state index contributed by atoms with van der Waals surface area (Å²) in [5.41, 5.74) is 0.774. The molecule has 23 heavy (non-hydrogen) atoms. The maximum atomic E-state index is 12.6. The topological polar surface area (TPSA) is 96.2 Å². The number of sulfonamides is 1. The van der Waals surface area contributed by atoms with E-state index in [9.17, 15) is 8.42 Å². The standard InChI is InChI=1S/C14H16N6O2S/c21-23(22,13-8-15-10-16-13)19-6-3-4-11(9-19)14-18-17-12-5-1-2-7-20(12)14/h1-2,5,7-8,10-11H,3-4,6,9H2,(H,15,16). The Morgan fingerprint density at radius 3 is 3.00 bits per heavy atom. The fourth-order valence-corrected chi connectivity index (χ4v) is 4.45. The molecule has 0 aliphatic carbocycles. The van der Waals surface area contributed by atoms with E-state index in [2.05, 4.69) is 20.2 Å². The Labute approximate surface area is 133 Å². The molecule has 3 aromatic heterocycles. The van der Waals surface area contributed by atoms with Crippen LogP contribution in [0.15, 0.2) is 41.9 Å². The third kappa shape index (κ3) is 2.41. The molecule has 1 atom stereocenters. The average molecular weight is 332 g/mol. The van der Waals surface area contributed by atoms with E-state index in [0.29, 0.717) is 13.1 Å². The molecule has 120 valence electrons. The molecule has 8 nitrogen and oxygen atoms in total. The molecule has 0 bridgehead atoms. The lowest BCUT2D eigenvalue weighted by molar-refractivity contribution is 0.307. The van der Waals surface area contributed by atoms with E-state index in [1.165, 1.54) is 16.8 Å². The molecule has 3 aromatic rings. The number of imidazole rings is 1. The number of hydrogen-bond donors (Lipinski definition) is 1. The van der Waals surface area contributed by atoms with Gasteiger partial charge in [-0.25, -0.2) is 13.4 Å². The molecule has 0 spiro atoms. The SMILES string of the molecule is O=S(=O)(c1cnc[nH]1)N1CCCC(c2nnc3ccccn23)C1. The molecule has 1 N–H and O–H groups in total. The number of hydrogen-bond acceptors (Lipinski definition) is 5. The van der Waals surface area contributed by atoms with E-state index in [1.807, 2.05) is 28.8 Å². The van der Waals surface area contributed by atoms with Gasteiger partial charge in [-0.3, -0.25) is 4.40 Å². The highest BCUT2D eigenvalue weighted by Crippen LogP contribution is 2.29. The molecule has 4 rings (SSSR count). The molecule has 1 unspecified atom stereocenters. The van der Waals surface area contributed by atoms with Gasteiger partial charge in [-0.2, -0.15) is 4.31 Å². The Balaban J connectivity index is 1.65. The molecule has 1 saturated heterocycles. The van der Waals surface area contributed by atoms with Crippen molar-refractivity contribution in [2.75, 3.05) is 13.1 Å². The molecule has 1 aliphatic rings. The van der Waals surface area contributed by atoms with Crippen LogP contribution in [0.5, 0.6) is 0 Å². The predicted octanol–water partition coefficient (Wildman–Crippen LogP) is 1.02. The van der Waals surface area contributed by atoms with Crippen LogP contribution in [0, 0.1) is 0 Å². The van der Waals surface area contributed by atoms with Crippen LogP contribution < -0.4 is 0 Å². The van der Waals surface area contributed by atoms with Gasteiger partial charge >= 0.3 is 0 Å². The Hall–Kier alpha value is -2.26. The first-order valence-corrected chi connectivity index (χ1v) is 8.88. The fraction of sp³-hybridized carbons (Fsp3) is 0.357. The average Bonchev–Trinajstić information content (AvgIpc) is 3.25. The van der Waals surface area contributed by atoms with E-state index in [4.69, 9.17) is 0 Å². The van der Waals surface area contributed by atoms with Gasteiger partial charge in [0.2, 0.25) is 0 Å². The number of aromatic amines is 1. The summed E-state index contributed by atoms with van der Waals surface area (Å²) >= 11 is 0. The van der Waals surface area contributed by atoms with Gasteiger partial charge in [0.15, 0.2) is 10.7 Å². The molecule has 1 fully saturated rings. The zero-order chi connectivity index (χ0) is 15.9. The minimum Gasteiger partial charge on any atom is -0.335 e. The summed E-state index contributed by atoms with van der Waals surface area (Å²) in [6.07, 6.45) is 6.31. The normalized spacial score (nSPS) is 20.1. The van der Waals surface area contributed by atoms with Gasteiger partial charge in [0, 0.05) is 25.2 Å². The lowest BCUT2D eigenvalue weighted by Gasteiger charge is -2.30. The minimum atomic E-state index is -3.54. The van der Waals surface area contributed by atoms with Crippen molar-refractivity contribution in [2.45, 2.75) is 23.8 Å². The summed E-state index contributed by atoms with van der Waals surface area (Å²) in [5, 5.41) is 8.56. The van der Waals surface area contributed by atoms with Gasteiger partial charge in [-0.15, -0.1) is 10.2 Å². The van der Waals surface area contributed by atoms with Gasteiger partial charge in [0.25, 0.3) is 10.0 Å². The predicted molar refractivity (Wildman–Crippen MR) is 82.3 cm³/mol. The van der Waals surface area contributed by atoms with Crippen molar-refractivity contribution in [3.05, 3.63) is 42.7 Å². The second kappa shape index (κ2) is 5.43. The summed E-state index contributed by atoms with van der Waals surface area (Å²) in [7, 11) is -3.54. The fourth-order valence-electron chi connectivity index (χ4n) is 3.03. The zero-order valence-corrected chi connectivity index (χ0v) is 13.1. The molecule has 0 radical (unpaired) electrons. The number of rotatable bonds is 3. The van der Waals surface area contributed by atoms with Crippen molar-refractivity contribution in [3.63, 3.8) is 0 Å². The number of fused-ring (bicyclic) bond motifs is 1. The molecular formula is C14H16N6O2S. The van der Waals surface area contributed by atoms with E-state index >= 15 is 0 Å². The van der Waals surface area contributed by atoms with Crippen molar-refractivity contribution in [3.8, 4) is 0 Å². The number of piperidine rings is 1. The van der Waals surface area contributed by atoms with E-state index in [0.717, 1.165) is 24.3 Å². The second-order valence-electron chi connectivity index (χ2n) is 5.61. The Kier molecular flexibility index (Phi) is 3.38. The van der Waals surface area contributed by atoms with Crippen molar-refractivity contribution < 1.29 is 8.42 Å². The molecule has 0 saturated carbocycles. The highest BCUT2D eigenvalue weighted by molar-refractivity contribution is 7.89. The second-order valence-corrected chi connectivity index (χ2v) is 7.51. The van der Waals surface area contributed by atoms with Crippen LogP contribution in [-0.2, 0) is 10.0 Å². The summed E-state index contributed by atoms with van der Waals surface area (Å²) in [6.45, 7) is 0.908. The first kappa shape index (κ1) is 14.3.